The standard InChI is InChI=1S/C12H12FN3O2/c13-9-1-3-10(4-2-9)16-8-7-15(6-5-14)11(17)12(16)18/h1-4,7-8H,5-6,14H2. The SMILES string of the molecule is NCCn1ccn(-c2ccc(F)cc2)c(=O)c1=O. The van der Waals surface area contributed by atoms with E-state index in [9.17, 15) is 14.0 Å². The molecule has 5 nitrogen and oxygen atoms in total. The summed E-state index contributed by atoms with van der Waals surface area (Å²) in [6.45, 7) is 0.568. The molecule has 1 heterocycles. The van der Waals surface area contributed by atoms with Crippen molar-refractivity contribution < 1.29 is 4.39 Å². The van der Waals surface area contributed by atoms with Gasteiger partial charge in [-0.15, -0.1) is 0 Å². The second-order valence-electron chi connectivity index (χ2n) is 3.74. The molecule has 0 aliphatic carbocycles. The van der Waals surface area contributed by atoms with Crippen molar-refractivity contribution in [2.75, 3.05) is 6.54 Å². The predicted molar refractivity (Wildman–Crippen MR) is 65.3 cm³/mol. The van der Waals surface area contributed by atoms with Crippen LogP contribution in [0, 0.1) is 5.82 Å². The Balaban J connectivity index is 2.54. The van der Waals surface area contributed by atoms with Gasteiger partial charge in [-0.05, 0) is 24.3 Å². The quantitative estimate of drug-likeness (QED) is 0.784. The molecule has 0 spiro atoms. The molecule has 6 heteroatoms. The highest BCUT2D eigenvalue weighted by molar-refractivity contribution is 5.31. The number of aromatic nitrogens is 2. The number of halogens is 1. The van der Waals surface area contributed by atoms with E-state index in [2.05, 4.69) is 0 Å². The van der Waals surface area contributed by atoms with Crippen LogP contribution in [0.1, 0.15) is 0 Å². The van der Waals surface area contributed by atoms with E-state index in [0.29, 0.717) is 12.2 Å². The Morgan fingerprint density at radius 3 is 2.33 bits per heavy atom. The van der Waals surface area contributed by atoms with Crippen molar-refractivity contribution in [2.45, 2.75) is 6.54 Å². The highest BCUT2D eigenvalue weighted by Gasteiger charge is 2.06. The molecule has 1 aromatic heterocycles. The maximum atomic E-state index is 12.8. The zero-order chi connectivity index (χ0) is 13.1. The van der Waals surface area contributed by atoms with Crippen molar-refractivity contribution >= 4 is 0 Å². The summed E-state index contributed by atoms with van der Waals surface area (Å²) < 4.78 is 15.2. The van der Waals surface area contributed by atoms with Gasteiger partial charge in [-0.1, -0.05) is 0 Å². The molecule has 2 N–H and O–H groups in total. The average Bonchev–Trinajstić information content (AvgIpc) is 2.37. The third-order valence-corrected chi connectivity index (χ3v) is 2.53. The van der Waals surface area contributed by atoms with Crippen LogP contribution in [-0.2, 0) is 6.54 Å². The fourth-order valence-corrected chi connectivity index (χ4v) is 1.63. The second kappa shape index (κ2) is 4.97. The Bertz CT molecular complexity index is 658. The molecule has 0 radical (unpaired) electrons. The lowest BCUT2D eigenvalue weighted by molar-refractivity contribution is 0.626. The van der Waals surface area contributed by atoms with Gasteiger partial charge in [-0.2, -0.15) is 0 Å². The Kier molecular flexibility index (Phi) is 3.38. The van der Waals surface area contributed by atoms with Crippen molar-refractivity contribution in [1.29, 1.82) is 0 Å². The average molecular weight is 249 g/mol. The number of nitrogens with two attached hydrogens (primary N) is 1. The molecule has 0 bridgehead atoms. The third kappa shape index (κ3) is 2.23. The van der Waals surface area contributed by atoms with Crippen LogP contribution < -0.4 is 16.9 Å². The van der Waals surface area contributed by atoms with Crippen molar-refractivity contribution in [3.05, 3.63) is 63.2 Å². The van der Waals surface area contributed by atoms with Gasteiger partial charge >= 0.3 is 11.1 Å². The van der Waals surface area contributed by atoms with Crippen molar-refractivity contribution in [3.63, 3.8) is 0 Å². The zero-order valence-corrected chi connectivity index (χ0v) is 9.54. The summed E-state index contributed by atoms with van der Waals surface area (Å²) in [5.41, 5.74) is 4.45. The van der Waals surface area contributed by atoms with E-state index in [4.69, 9.17) is 5.73 Å². The van der Waals surface area contributed by atoms with Gasteiger partial charge in [0.1, 0.15) is 5.82 Å². The maximum Gasteiger partial charge on any atom is 0.320 e. The monoisotopic (exact) mass is 249 g/mol. The van der Waals surface area contributed by atoms with Gasteiger partial charge in [0.25, 0.3) is 0 Å². The molecule has 1 aromatic carbocycles. The summed E-state index contributed by atoms with van der Waals surface area (Å²) in [5, 5.41) is 0. The Hall–Kier alpha value is -2.21. The molecular formula is C12H12FN3O2. The number of rotatable bonds is 3. The molecular weight excluding hydrogens is 237 g/mol. The van der Waals surface area contributed by atoms with Crippen LogP contribution in [0.15, 0.2) is 46.2 Å². The van der Waals surface area contributed by atoms with Crippen LogP contribution >= 0.6 is 0 Å². The molecule has 94 valence electrons. The topological polar surface area (TPSA) is 70.0 Å². The summed E-state index contributed by atoms with van der Waals surface area (Å²) in [6, 6.07) is 5.33. The van der Waals surface area contributed by atoms with E-state index >= 15 is 0 Å². The van der Waals surface area contributed by atoms with Gasteiger partial charge in [0.05, 0.1) is 0 Å². The molecule has 2 rings (SSSR count). The third-order valence-electron chi connectivity index (χ3n) is 2.53. The lowest BCUT2D eigenvalue weighted by atomic mass is 10.3. The Morgan fingerprint density at radius 1 is 1.06 bits per heavy atom. The first-order valence-corrected chi connectivity index (χ1v) is 5.41. The van der Waals surface area contributed by atoms with Crippen LogP contribution in [0.5, 0.6) is 0 Å². The molecule has 0 saturated heterocycles. The van der Waals surface area contributed by atoms with Crippen molar-refractivity contribution in [3.8, 4) is 5.69 Å². The van der Waals surface area contributed by atoms with E-state index in [-0.39, 0.29) is 6.54 Å². The number of nitrogens with zero attached hydrogens (tertiary/aromatic N) is 2. The van der Waals surface area contributed by atoms with E-state index < -0.39 is 16.9 Å². The smallest absolute Gasteiger partial charge is 0.320 e. The molecule has 18 heavy (non-hydrogen) atoms. The molecule has 0 saturated carbocycles. The van der Waals surface area contributed by atoms with Gasteiger partial charge in [0.2, 0.25) is 0 Å². The normalized spacial score (nSPS) is 10.6. The predicted octanol–water partition coefficient (Wildman–Crippen LogP) is 0.0970. The van der Waals surface area contributed by atoms with Crippen molar-refractivity contribution in [1.82, 2.24) is 9.13 Å². The van der Waals surface area contributed by atoms with Gasteiger partial charge in [0.15, 0.2) is 0 Å². The maximum absolute atomic E-state index is 12.8. The summed E-state index contributed by atoms with van der Waals surface area (Å²) in [6.07, 6.45) is 2.95. The van der Waals surface area contributed by atoms with Gasteiger partial charge in [0, 0.05) is 31.2 Å². The number of hydrogen-bond acceptors (Lipinski definition) is 3. The molecule has 0 atom stereocenters. The first-order chi connectivity index (χ1) is 8.63. The fraction of sp³-hybridized carbons (Fsp3) is 0.167. The molecule has 2 aromatic rings. The number of hydrogen-bond donors (Lipinski definition) is 1. The van der Waals surface area contributed by atoms with E-state index in [1.54, 1.807) is 0 Å². The molecule has 0 unspecified atom stereocenters. The summed E-state index contributed by atoms with van der Waals surface area (Å²) in [5.74, 6) is -0.400. The molecule has 0 fully saturated rings. The van der Waals surface area contributed by atoms with Gasteiger partial charge in [-0.3, -0.25) is 14.2 Å². The second-order valence-corrected chi connectivity index (χ2v) is 3.74. The molecule has 0 amide bonds. The zero-order valence-electron chi connectivity index (χ0n) is 9.54. The molecule has 0 aliphatic rings. The van der Waals surface area contributed by atoms with Crippen LogP contribution in [0.25, 0.3) is 5.69 Å². The highest BCUT2D eigenvalue weighted by Crippen LogP contribution is 2.05. The van der Waals surface area contributed by atoms with Crippen molar-refractivity contribution in [2.24, 2.45) is 5.73 Å². The lowest BCUT2D eigenvalue weighted by Crippen LogP contribution is -2.40. The first-order valence-electron chi connectivity index (χ1n) is 5.41. The minimum absolute atomic E-state index is 0.278. The summed E-state index contributed by atoms with van der Waals surface area (Å²) in [7, 11) is 0. The van der Waals surface area contributed by atoms with Gasteiger partial charge < -0.3 is 10.3 Å². The first kappa shape index (κ1) is 12.3. The number of benzene rings is 1. The van der Waals surface area contributed by atoms with Crippen LogP contribution in [0.2, 0.25) is 0 Å². The summed E-state index contributed by atoms with van der Waals surface area (Å²) >= 11 is 0. The van der Waals surface area contributed by atoms with Gasteiger partial charge in [-0.25, -0.2) is 4.39 Å². The van der Waals surface area contributed by atoms with E-state index in [1.807, 2.05) is 0 Å². The van der Waals surface area contributed by atoms with Crippen LogP contribution in [-0.4, -0.2) is 15.7 Å². The van der Waals surface area contributed by atoms with Crippen LogP contribution in [0.4, 0.5) is 4.39 Å². The minimum Gasteiger partial charge on any atom is -0.329 e. The van der Waals surface area contributed by atoms with Crippen LogP contribution in [0.3, 0.4) is 0 Å². The highest BCUT2D eigenvalue weighted by atomic mass is 19.1. The Morgan fingerprint density at radius 2 is 1.72 bits per heavy atom. The van der Waals surface area contributed by atoms with E-state index in [0.717, 1.165) is 0 Å². The fourth-order valence-electron chi connectivity index (χ4n) is 1.63. The largest absolute Gasteiger partial charge is 0.329 e. The molecule has 0 aliphatic heterocycles. The lowest BCUT2D eigenvalue weighted by Gasteiger charge is -2.07. The minimum atomic E-state index is -0.683. The van der Waals surface area contributed by atoms with E-state index in [1.165, 1.54) is 45.8 Å². The Labute approximate surface area is 102 Å². The summed E-state index contributed by atoms with van der Waals surface area (Å²) in [4.78, 5) is 23.6.